The average molecular weight is 444 g/mol. The number of nitrogens with zero attached hydrogens (tertiary/aromatic N) is 2. The number of H-pyrrole nitrogens is 1. The molecule has 4 N–H and O–H groups in total. The minimum Gasteiger partial charge on any atom is -0.398 e. The van der Waals surface area contributed by atoms with Crippen LogP contribution in [0.5, 0.6) is 0 Å². The number of amides is 2. The van der Waals surface area contributed by atoms with Gasteiger partial charge in [0.15, 0.2) is 0 Å². The molecule has 5 rings (SSSR count). The smallest absolute Gasteiger partial charge is 0.256 e. The van der Waals surface area contributed by atoms with E-state index in [1.807, 2.05) is 35.7 Å². The van der Waals surface area contributed by atoms with Crippen LogP contribution in [0.15, 0.2) is 60.0 Å². The van der Waals surface area contributed by atoms with E-state index in [-0.39, 0.29) is 18.4 Å². The van der Waals surface area contributed by atoms with Gasteiger partial charge in [-0.3, -0.25) is 14.7 Å². The second-order valence-corrected chi connectivity index (χ2v) is 8.66. The molecule has 0 aliphatic carbocycles. The van der Waals surface area contributed by atoms with E-state index in [1.165, 1.54) is 0 Å². The number of anilines is 1. The summed E-state index contributed by atoms with van der Waals surface area (Å²) in [5, 5.41) is 13.2. The zero-order valence-corrected chi connectivity index (χ0v) is 18.3. The van der Waals surface area contributed by atoms with Crippen molar-refractivity contribution in [1.82, 2.24) is 20.4 Å². The molecule has 160 valence electrons. The summed E-state index contributed by atoms with van der Waals surface area (Å²) >= 11 is 1.64. The normalized spacial score (nSPS) is 12.9. The van der Waals surface area contributed by atoms with Gasteiger partial charge in [0.1, 0.15) is 5.69 Å². The van der Waals surface area contributed by atoms with Gasteiger partial charge in [0.05, 0.1) is 22.5 Å². The molecule has 4 aromatic rings. The molecular weight excluding hydrogens is 422 g/mol. The van der Waals surface area contributed by atoms with Crippen molar-refractivity contribution in [3.63, 3.8) is 0 Å². The molecule has 0 atom stereocenters. The van der Waals surface area contributed by atoms with E-state index in [4.69, 9.17) is 5.73 Å². The number of carbonyl (C=O) groups is 2. The summed E-state index contributed by atoms with van der Waals surface area (Å²) in [5.74, 6) is -0.471. The summed E-state index contributed by atoms with van der Waals surface area (Å²) in [4.78, 5) is 27.7. The first kappa shape index (κ1) is 20.0. The molecule has 8 heteroatoms. The summed E-state index contributed by atoms with van der Waals surface area (Å²) in [7, 11) is 1.54. The molecule has 0 radical (unpaired) electrons. The van der Waals surface area contributed by atoms with Gasteiger partial charge in [-0.15, -0.1) is 11.3 Å². The maximum absolute atomic E-state index is 13.1. The largest absolute Gasteiger partial charge is 0.398 e. The third-order valence-corrected chi connectivity index (χ3v) is 6.63. The van der Waals surface area contributed by atoms with Crippen molar-refractivity contribution >= 4 is 39.7 Å². The van der Waals surface area contributed by atoms with E-state index in [1.54, 1.807) is 29.4 Å². The zero-order valence-electron chi connectivity index (χ0n) is 17.4. The number of nitrogens with two attached hydrogens (primary N) is 1. The van der Waals surface area contributed by atoms with Crippen LogP contribution in [0.2, 0.25) is 0 Å². The second kappa shape index (κ2) is 7.65. The number of aromatic amines is 1. The second-order valence-electron chi connectivity index (χ2n) is 7.71. The minimum atomic E-state index is -0.284. The Morgan fingerprint density at radius 3 is 2.91 bits per heavy atom. The molecule has 0 spiro atoms. The topological polar surface area (TPSA) is 104 Å². The number of likely N-dealkylation sites (N-methyl/N-ethyl adjacent to an activating group) is 1. The SMILES string of the molecule is C=C(CN1Cc2c(-c3ccc4[nH]nc(-c5cccs5)c4c3)ccc(N)c2C1=O)C(=O)NC. The third kappa shape index (κ3) is 3.16. The van der Waals surface area contributed by atoms with Crippen LogP contribution in [0.1, 0.15) is 15.9 Å². The van der Waals surface area contributed by atoms with Gasteiger partial charge in [-0.1, -0.05) is 24.8 Å². The van der Waals surface area contributed by atoms with Crippen LogP contribution in [0.25, 0.3) is 32.6 Å². The van der Waals surface area contributed by atoms with Gasteiger partial charge in [0.2, 0.25) is 5.91 Å². The molecule has 0 saturated carbocycles. The van der Waals surface area contributed by atoms with Gasteiger partial charge in [-0.25, -0.2) is 0 Å². The molecule has 0 unspecified atom stereocenters. The predicted octanol–water partition coefficient (Wildman–Crippen LogP) is 3.80. The first-order valence-electron chi connectivity index (χ1n) is 10.1. The standard InChI is InChI=1S/C24H21N5O2S/c1-13(23(30)26-2)11-29-12-17-15(6-7-18(25)21(17)24(29)31)14-5-8-19-16(10-14)22(28-27-19)20-4-3-9-32-20/h3-10H,1,11-12,25H2,2H3,(H,26,30)(H,27,28). The molecular formula is C24H21N5O2S. The van der Waals surface area contributed by atoms with Crippen molar-refractivity contribution in [3.8, 4) is 21.7 Å². The highest BCUT2D eigenvalue weighted by atomic mass is 32.1. The van der Waals surface area contributed by atoms with Crippen molar-refractivity contribution in [2.75, 3.05) is 19.3 Å². The van der Waals surface area contributed by atoms with E-state index < -0.39 is 0 Å². The number of fused-ring (bicyclic) bond motifs is 2. The fourth-order valence-corrected chi connectivity index (χ4v) is 4.89. The number of aromatic nitrogens is 2. The Bertz CT molecular complexity index is 1390. The number of nitrogen functional groups attached to an aromatic ring is 1. The van der Waals surface area contributed by atoms with E-state index in [9.17, 15) is 9.59 Å². The van der Waals surface area contributed by atoms with Crippen molar-refractivity contribution in [1.29, 1.82) is 0 Å². The van der Waals surface area contributed by atoms with Gasteiger partial charge < -0.3 is 16.0 Å². The van der Waals surface area contributed by atoms with Crippen molar-refractivity contribution < 1.29 is 9.59 Å². The van der Waals surface area contributed by atoms with E-state index >= 15 is 0 Å². The van der Waals surface area contributed by atoms with Gasteiger partial charge in [-0.2, -0.15) is 5.10 Å². The van der Waals surface area contributed by atoms with Crippen LogP contribution in [0.3, 0.4) is 0 Å². The number of carbonyl (C=O) groups excluding carboxylic acids is 2. The Morgan fingerprint density at radius 2 is 2.16 bits per heavy atom. The van der Waals surface area contributed by atoms with Crippen LogP contribution < -0.4 is 11.1 Å². The van der Waals surface area contributed by atoms with Crippen LogP contribution in [-0.2, 0) is 11.3 Å². The highest BCUT2D eigenvalue weighted by Crippen LogP contribution is 2.38. The molecule has 0 saturated heterocycles. The Labute approximate surface area is 188 Å². The summed E-state index contributed by atoms with van der Waals surface area (Å²) in [6.45, 7) is 4.32. The number of rotatable bonds is 5. The molecule has 2 aromatic carbocycles. The first-order chi connectivity index (χ1) is 15.5. The molecule has 3 heterocycles. The Balaban J connectivity index is 1.57. The maximum Gasteiger partial charge on any atom is 0.256 e. The Hall–Kier alpha value is -3.91. The monoisotopic (exact) mass is 443 g/mol. The number of hydrogen-bond donors (Lipinski definition) is 3. The summed E-state index contributed by atoms with van der Waals surface area (Å²) in [6, 6.07) is 13.9. The van der Waals surface area contributed by atoms with E-state index in [0.29, 0.717) is 23.4 Å². The van der Waals surface area contributed by atoms with Crippen LogP contribution in [-0.4, -0.2) is 40.5 Å². The van der Waals surface area contributed by atoms with Gasteiger partial charge in [0.25, 0.3) is 5.91 Å². The molecule has 2 amide bonds. The summed E-state index contributed by atoms with van der Waals surface area (Å²) < 4.78 is 0. The molecule has 0 bridgehead atoms. The van der Waals surface area contributed by atoms with Crippen molar-refractivity contribution in [2.45, 2.75) is 6.54 Å². The van der Waals surface area contributed by atoms with Crippen molar-refractivity contribution in [2.24, 2.45) is 0 Å². The van der Waals surface area contributed by atoms with Gasteiger partial charge in [0, 0.05) is 30.2 Å². The fraction of sp³-hybridized carbons (Fsp3) is 0.125. The summed E-state index contributed by atoms with van der Waals surface area (Å²) in [5.41, 5.74) is 12.1. The molecule has 1 aliphatic rings. The van der Waals surface area contributed by atoms with Crippen LogP contribution in [0.4, 0.5) is 5.69 Å². The lowest BCUT2D eigenvalue weighted by Crippen LogP contribution is -2.31. The van der Waals surface area contributed by atoms with Crippen LogP contribution in [0, 0.1) is 0 Å². The van der Waals surface area contributed by atoms with Gasteiger partial charge in [-0.05, 0) is 46.3 Å². The quantitative estimate of drug-likeness (QED) is 0.322. The molecule has 0 fully saturated rings. The predicted molar refractivity (Wildman–Crippen MR) is 127 cm³/mol. The lowest BCUT2D eigenvalue weighted by molar-refractivity contribution is -0.117. The van der Waals surface area contributed by atoms with Crippen molar-refractivity contribution in [3.05, 3.63) is 71.1 Å². The molecule has 7 nitrogen and oxygen atoms in total. The number of thiophene rings is 1. The third-order valence-electron chi connectivity index (χ3n) is 5.75. The van der Waals surface area contributed by atoms with E-state index in [2.05, 4.69) is 28.2 Å². The Morgan fingerprint density at radius 1 is 1.31 bits per heavy atom. The lowest BCUT2D eigenvalue weighted by Gasteiger charge is -2.16. The van der Waals surface area contributed by atoms with Gasteiger partial charge >= 0.3 is 0 Å². The molecule has 1 aliphatic heterocycles. The summed E-state index contributed by atoms with van der Waals surface area (Å²) in [6.07, 6.45) is 0. The maximum atomic E-state index is 13.1. The number of nitrogens with one attached hydrogen (secondary N) is 2. The lowest BCUT2D eigenvalue weighted by atomic mass is 9.94. The first-order valence-corrected chi connectivity index (χ1v) is 11.0. The zero-order chi connectivity index (χ0) is 22.4. The molecule has 2 aromatic heterocycles. The fourth-order valence-electron chi connectivity index (χ4n) is 4.16. The highest BCUT2D eigenvalue weighted by Gasteiger charge is 2.32. The highest BCUT2D eigenvalue weighted by molar-refractivity contribution is 7.13. The molecule has 32 heavy (non-hydrogen) atoms. The number of benzene rings is 2. The number of hydrogen-bond acceptors (Lipinski definition) is 5. The minimum absolute atomic E-state index is 0.148. The van der Waals surface area contributed by atoms with E-state index in [0.717, 1.165) is 38.2 Å². The van der Waals surface area contributed by atoms with Crippen LogP contribution >= 0.6 is 11.3 Å². The Kier molecular flexibility index (Phi) is 4.79. The average Bonchev–Trinajstić information content (AvgIpc) is 3.52.